The number of rotatable bonds is 8. The molecule has 2 aromatic rings. The minimum Gasteiger partial charge on any atom is -0.491 e. The first-order chi connectivity index (χ1) is 10.9. The molecule has 1 atom stereocenters. The Morgan fingerprint density at radius 3 is 2.52 bits per heavy atom. The third-order valence-corrected chi connectivity index (χ3v) is 4.36. The summed E-state index contributed by atoms with van der Waals surface area (Å²) < 4.78 is 5.77. The lowest BCUT2D eigenvalue weighted by atomic mass is 10.2. The van der Waals surface area contributed by atoms with E-state index in [-0.39, 0.29) is 12.2 Å². The standard InChI is InChI=1S/C19H27NO2S/c1-14(2)22-18-7-5-6-17(10-18)12-20(11-15(3)21)13-19-9-8-16(4)23-19/h5-10,14-15,21H,11-13H2,1-4H3. The van der Waals surface area contributed by atoms with Gasteiger partial charge in [-0.05, 0) is 57.5 Å². The Bertz CT molecular complexity index is 607. The highest BCUT2D eigenvalue weighted by atomic mass is 32.1. The van der Waals surface area contributed by atoms with Crippen LogP contribution in [0.15, 0.2) is 36.4 Å². The average Bonchev–Trinajstić information content (AvgIpc) is 2.83. The molecule has 0 fully saturated rings. The van der Waals surface area contributed by atoms with E-state index in [9.17, 15) is 5.11 Å². The molecule has 0 aliphatic rings. The average molecular weight is 333 g/mol. The van der Waals surface area contributed by atoms with Crippen LogP contribution in [0.3, 0.4) is 0 Å². The van der Waals surface area contributed by atoms with Crippen LogP contribution in [0.25, 0.3) is 0 Å². The molecule has 23 heavy (non-hydrogen) atoms. The van der Waals surface area contributed by atoms with Crippen LogP contribution in [0.4, 0.5) is 0 Å². The summed E-state index contributed by atoms with van der Waals surface area (Å²) in [6.45, 7) is 10.4. The minimum atomic E-state index is -0.342. The van der Waals surface area contributed by atoms with E-state index < -0.39 is 0 Å². The molecule has 0 aliphatic heterocycles. The van der Waals surface area contributed by atoms with Crippen molar-refractivity contribution in [3.8, 4) is 5.75 Å². The monoisotopic (exact) mass is 333 g/mol. The number of thiophene rings is 1. The molecule has 0 amide bonds. The Morgan fingerprint density at radius 2 is 1.91 bits per heavy atom. The third kappa shape index (κ3) is 6.34. The maximum atomic E-state index is 9.79. The molecule has 0 saturated heterocycles. The van der Waals surface area contributed by atoms with Gasteiger partial charge < -0.3 is 9.84 Å². The SMILES string of the molecule is Cc1ccc(CN(Cc2cccc(OC(C)C)c2)CC(C)O)s1. The lowest BCUT2D eigenvalue weighted by molar-refractivity contribution is 0.118. The van der Waals surface area contributed by atoms with E-state index in [0.29, 0.717) is 6.54 Å². The molecule has 1 aromatic carbocycles. The van der Waals surface area contributed by atoms with Gasteiger partial charge in [-0.25, -0.2) is 0 Å². The molecular formula is C19H27NO2S. The Balaban J connectivity index is 2.07. The maximum absolute atomic E-state index is 9.79. The van der Waals surface area contributed by atoms with Gasteiger partial charge in [0.2, 0.25) is 0 Å². The van der Waals surface area contributed by atoms with Gasteiger partial charge in [-0.2, -0.15) is 0 Å². The molecule has 0 bridgehead atoms. The molecule has 126 valence electrons. The second kappa shape index (κ2) is 8.48. The lowest BCUT2D eigenvalue weighted by Gasteiger charge is -2.23. The van der Waals surface area contributed by atoms with Crippen molar-refractivity contribution in [2.75, 3.05) is 6.54 Å². The fourth-order valence-electron chi connectivity index (χ4n) is 2.60. The first-order valence-corrected chi connectivity index (χ1v) is 8.95. The summed E-state index contributed by atoms with van der Waals surface area (Å²) in [5, 5.41) is 9.79. The van der Waals surface area contributed by atoms with Gasteiger partial charge in [0.1, 0.15) is 5.75 Å². The predicted octanol–water partition coefficient (Wildman–Crippen LogP) is 4.23. The number of hydrogen-bond acceptors (Lipinski definition) is 4. The molecule has 3 nitrogen and oxygen atoms in total. The van der Waals surface area contributed by atoms with Crippen molar-refractivity contribution in [2.45, 2.75) is 53.0 Å². The van der Waals surface area contributed by atoms with Crippen molar-refractivity contribution >= 4 is 11.3 Å². The maximum Gasteiger partial charge on any atom is 0.120 e. The zero-order valence-electron chi connectivity index (χ0n) is 14.5. The molecule has 4 heteroatoms. The van der Waals surface area contributed by atoms with Crippen LogP contribution in [-0.4, -0.2) is 28.8 Å². The second-order valence-electron chi connectivity index (χ2n) is 6.35. The Labute approximate surface area is 143 Å². The summed E-state index contributed by atoms with van der Waals surface area (Å²) in [6.07, 6.45) is -0.168. The Kier molecular flexibility index (Phi) is 6.63. The Morgan fingerprint density at radius 1 is 1.13 bits per heavy atom. The van der Waals surface area contributed by atoms with Gasteiger partial charge in [0, 0.05) is 29.4 Å². The summed E-state index contributed by atoms with van der Waals surface area (Å²) in [5.41, 5.74) is 1.21. The minimum absolute atomic E-state index is 0.174. The number of aliphatic hydroxyl groups is 1. The van der Waals surface area contributed by atoms with Gasteiger partial charge in [0.05, 0.1) is 12.2 Å². The number of aliphatic hydroxyl groups excluding tert-OH is 1. The van der Waals surface area contributed by atoms with Crippen LogP contribution in [0.5, 0.6) is 5.75 Å². The first-order valence-electron chi connectivity index (χ1n) is 8.13. The van der Waals surface area contributed by atoms with E-state index in [2.05, 4.69) is 36.1 Å². The van der Waals surface area contributed by atoms with E-state index in [1.165, 1.54) is 15.3 Å². The van der Waals surface area contributed by atoms with Gasteiger partial charge in [-0.15, -0.1) is 11.3 Å². The zero-order chi connectivity index (χ0) is 16.8. The molecule has 0 saturated carbocycles. The quantitative estimate of drug-likeness (QED) is 0.785. The van der Waals surface area contributed by atoms with E-state index in [4.69, 9.17) is 4.74 Å². The van der Waals surface area contributed by atoms with Crippen LogP contribution in [-0.2, 0) is 13.1 Å². The molecule has 0 aliphatic carbocycles. The van der Waals surface area contributed by atoms with Gasteiger partial charge in [0.25, 0.3) is 0 Å². The van der Waals surface area contributed by atoms with Crippen LogP contribution in [0, 0.1) is 6.92 Å². The van der Waals surface area contributed by atoms with Crippen molar-refractivity contribution in [1.29, 1.82) is 0 Å². The van der Waals surface area contributed by atoms with E-state index >= 15 is 0 Å². The fourth-order valence-corrected chi connectivity index (χ4v) is 3.53. The first kappa shape index (κ1) is 18.0. The number of benzene rings is 1. The van der Waals surface area contributed by atoms with Crippen LogP contribution in [0.2, 0.25) is 0 Å². The lowest BCUT2D eigenvalue weighted by Crippen LogP contribution is -2.30. The fraction of sp³-hybridized carbons (Fsp3) is 0.474. The topological polar surface area (TPSA) is 32.7 Å². The Hall–Kier alpha value is -1.36. The van der Waals surface area contributed by atoms with Crippen molar-refractivity contribution in [3.63, 3.8) is 0 Å². The highest BCUT2D eigenvalue weighted by Crippen LogP contribution is 2.20. The summed E-state index contributed by atoms with van der Waals surface area (Å²) >= 11 is 1.82. The molecular weight excluding hydrogens is 306 g/mol. The second-order valence-corrected chi connectivity index (χ2v) is 7.72. The molecule has 1 aromatic heterocycles. The molecule has 1 unspecified atom stereocenters. The molecule has 1 heterocycles. The number of nitrogens with zero attached hydrogens (tertiary/aromatic N) is 1. The highest BCUT2D eigenvalue weighted by molar-refractivity contribution is 7.11. The van der Waals surface area contributed by atoms with Gasteiger partial charge >= 0.3 is 0 Å². The van der Waals surface area contributed by atoms with Gasteiger partial charge in [0.15, 0.2) is 0 Å². The van der Waals surface area contributed by atoms with Crippen molar-refractivity contribution in [2.24, 2.45) is 0 Å². The largest absolute Gasteiger partial charge is 0.491 e. The number of aryl methyl sites for hydroxylation is 1. The summed E-state index contributed by atoms with van der Waals surface area (Å²) in [7, 11) is 0. The van der Waals surface area contributed by atoms with E-state index in [1.54, 1.807) is 0 Å². The van der Waals surface area contributed by atoms with E-state index in [1.807, 2.05) is 44.2 Å². The summed E-state index contributed by atoms with van der Waals surface area (Å²) in [6, 6.07) is 12.6. The van der Waals surface area contributed by atoms with Gasteiger partial charge in [-0.3, -0.25) is 4.90 Å². The van der Waals surface area contributed by atoms with Crippen molar-refractivity contribution in [1.82, 2.24) is 4.90 Å². The zero-order valence-corrected chi connectivity index (χ0v) is 15.3. The van der Waals surface area contributed by atoms with Crippen molar-refractivity contribution < 1.29 is 9.84 Å². The summed E-state index contributed by atoms with van der Waals surface area (Å²) in [5.74, 6) is 0.904. The van der Waals surface area contributed by atoms with Gasteiger partial charge in [-0.1, -0.05) is 12.1 Å². The van der Waals surface area contributed by atoms with Crippen LogP contribution >= 0.6 is 11.3 Å². The molecule has 1 N–H and O–H groups in total. The normalized spacial score (nSPS) is 12.8. The molecule has 0 radical (unpaired) electrons. The third-order valence-electron chi connectivity index (χ3n) is 3.37. The highest BCUT2D eigenvalue weighted by Gasteiger charge is 2.12. The molecule has 2 rings (SSSR count). The van der Waals surface area contributed by atoms with Crippen molar-refractivity contribution in [3.05, 3.63) is 51.7 Å². The molecule has 0 spiro atoms. The smallest absolute Gasteiger partial charge is 0.120 e. The van der Waals surface area contributed by atoms with Crippen LogP contribution < -0.4 is 4.74 Å². The van der Waals surface area contributed by atoms with E-state index in [0.717, 1.165) is 18.8 Å². The number of ether oxygens (including phenoxy) is 1. The number of hydrogen-bond donors (Lipinski definition) is 1. The predicted molar refractivity (Wildman–Crippen MR) is 97.1 cm³/mol. The summed E-state index contributed by atoms with van der Waals surface area (Å²) in [4.78, 5) is 4.94. The van der Waals surface area contributed by atoms with Crippen LogP contribution in [0.1, 0.15) is 36.1 Å².